The minimum absolute atomic E-state index is 0.0293. The Morgan fingerprint density at radius 1 is 1.21 bits per heavy atom. The van der Waals surface area contributed by atoms with Gasteiger partial charge in [0.15, 0.2) is 15.0 Å². The number of hydrogen-bond donors (Lipinski definition) is 0. The number of halogens is 1. The van der Waals surface area contributed by atoms with Crippen LogP contribution in [0, 0.1) is 0 Å². The zero-order chi connectivity index (χ0) is 20.6. The molecule has 2 heterocycles. The maximum absolute atomic E-state index is 12.6. The van der Waals surface area contributed by atoms with Gasteiger partial charge in [-0.25, -0.2) is 8.42 Å². The van der Waals surface area contributed by atoms with E-state index in [-0.39, 0.29) is 35.1 Å². The zero-order valence-corrected chi connectivity index (χ0v) is 18.0. The van der Waals surface area contributed by atoms with E-state index >= 15 is 0 Å². The van der Waals surface area contributed by atoms with Crippen molar-refractivity contribution in [2.75, 3.05) is 23.5 Å². The molecule has 0 saturated carbocycles. The van der Waals surface area contributed by atoms with E-state index in [1.54, 1.807) is 25.3 Å². The van der Waals surface area contributed by atoms with E-state index in [2.05, 4.69) is 4.99 Å². The number of carbonyl (C=O) groups excluding carboxylic acids is 1. The van der Waals surface area contributed by atoms with Gasteiger partial charge in [-0.05, 0) is 29.8 Å². The number of sulfone groups is 1. The van der Waals surface area contributed by atoms with Gasteiger partial charge in [-0.1, -0.05) is 47.6 Å². The van der Waals surface area contributed by atoms with E-state index in [1.165, 1.54) is 11.8 Å². The number of benzene rings is 2. The molecule has 2 saturated heterocycles. The molecule has 0 aliphatic carbocycles. The lowest BCUT2D eigenvalue weighted by molar-refractivity contribution is -0.117. The Morgan fingerprint density at radius 2 is 1.93 bits per heavy atom. The summed E-state index contributed by atoms with van der Waals surface area (Å²) in [4.78, 5) is 18.8. The molecule has 9 heteroatoms. The third-order valence-electron chi connectivity index (χ3n) is 4.91. The summed E-state index contributed by atoms with van der Waals surface area (Å²) in [6.07, 6.45) is 0.151. The highest BCUT2D eigenvalue weighted by molar-refractivity contribution is 8.16. The Morgan fingerprint density at radius 3 is 2.62 bits per heavy atom. The van der Waals surface area contributed by atoms with Gasteiger partial charge >= 0.3 is 0 Å². The molecule has 2 aliphatic rings. The molecular formula is C20H19ClN2O4S2. The van der Waals surface area contributed by atoms with Crippen LogP contribution in [0.15, 0.2) is 53.5 Å². The van der Waals surface area contributed by atoms with E-state index in [9.17, 15) is 13.2 Å². The topological polar surface area (TPSA) is 76.0 Å². The Balaban J connectivity index is 1.62. The number of fused-ring (bicyclic) bond motifs is 1. The van der Waals surface area contributed by atoms with Crippen LogP contribution in [0.2, 0.25) is 5.02 Å². The first-order valence-corrected chi connectivity index (χ1v) is 12.1. The third-order valence-corrected chi connectivity index (χ3v) is 8.44. The fourth-order valence-corrected chi connectivity index (χ4v) is 7.71. The summed E-state index contributed by atoms with van der Waals surface area (Å²) in [5, 5.41) is 0.832. The second-order valence-corrected chi connectivity index (χ2v) is 10.7. The molecule has 1 amide bonds. The van der Waals surface area contributed by atoms with Crippen molar-refractivity contribution in [1.82, 2.24) is 0 Å². The Kier molecular flexibility index (Phi) is 5.59. The molecule has 2 aromatic rings. The number of amidine groups is 1. The summed E-state index contributed by atoms with van der Waals surface area (Å²) >= 11 is 7.71. The predicted octanol–water partition coefficient (Wildman–Crippen LogP) is 3.19. The van der Waals surface area contributed by atoms with Crippen molar-refractivity contribution >= 4 is 50.0 Å². The molecule has 0 bridgehead atoms. The van der Waals surface area contributed by atoms with Crippen molar-refractivity contribution in [2.24, 2.45) is 4.99 Å². The highest BCUT2D eigenvalue weighted by Gasteiger charge is 2.49. The van der Waals surface area contributed by atoms with Gasteiger partial charge in [-0.15, -0.1) is 0 Å². The molecule has 4 rings (SSSR count). The van der Waals surface area contributed by atoms with Crippen molar-refractivity contribution < 1.29 is 17.9 Å². The number of para-hydroxylation sites is 1. The molecule has 152 valence electrons. The van der Waals surface area contributed by atoms with Gasteiger partial charge in [0, 0.05) is 5.25 Å². The van der Waals surface area contributed by atoms with E-state index in [0.29, 0.717) is 15.9 Å². The maximum Gasteiger partial charge on any atom is 0.252 e. The van der Waals surface area contributed by atoms with Gasteiger partial charge in [-0.2, -0.15) is 4.99 Å². The first-order chi connectivity index (χ1) is 13.9. The van der Waals surface area contributed by atoms with Crippen LogP contribution in [0.4, 0.5) is 5.69 Å². The van der Waals surface area contributed by atoms with Crippen LogP contribution >= 0.6 is 23.4 Å². The molecule has 2 fully saturated rings. The number of nitrogens with zero attached hydrogens (tertiary/aromatic N) is 2. The quantitative estimate of drug-likeness (QED) is 0.712. The molecule has 2 aromatic carbocycles. The summed E-state index contributed by atoms with van der Waals surface area (Å²) < 4.78 is 29.4. The Bertz CT molecular complexity index is 1070. The van der Waals surface area contributed by atoms with Crippen molar-refractivity contribution in [3.63, 3.8) is 0 Å². The molecule has 6 nitrogen and oxygen atoms in total. The summed E-state index contributed by atoms with van der Waals surface area (Å²) in [5.41, 5.74) is 1.50. The van der Waals surface area contributed by atoms with E-state index < -0.39 is 9.84 Å². The van der Waals surface area contributed by atoms with Gasteiger partial charge in [0.1, 0.15) is 5.75 Å². The maximum atomic E-state index is 12.6. The van der Waals surface area contributed by atoms with Crippen LogP contribution < -0.4 is 9.64 Å². The Hall–Kier alpha value is -2.03. The van der Waals surface area contributed by atoms with E-state index in [1.807, 2.05) is 35.2 Å². The highest BCUT2D eigenvalue weighted by Crippen LogP contribution is 2.43. The molecule has 0 N–H and O–H groups in total. The SMILES string of the molecule is COc1ccc(CC(=O)N=C2S[C@H]3CS(=O)(=O)C[C@@H]3N2c2ccccc2Cl)cc1. The number of thioether (sulfide) groups is 1. The van der Waals surface area contributed by atoms with Crippen molar-refractivity contribution in [2.45, 2.75) is 17.7 Å². The average Bonchev–Trinajstić information content (AvgIpc) is 3.13. The average molecular weight is 451 g/mol. The lowest BCUT2D eigenvalue weighted by Crippen LogP contribution is -2.38. The van der Waals surface area contributed by atoms with Crippen LogP contribution in [-0.2, 0) is 21.1 Å². The zero-order valence-electron chi connectivity index (χ0n) is 15.6. The third kappa shape index (κ3) is 4.29. The first-order valence-electron chi connectivity index (χ1n) is 9.01. The van der Waals surface area contributed by atoms with Crippen LogP contribution in [0.5, 0.6) is 5.75 Å². The smallest absolute Gasteiger partial charge is 0.252 e. The summed E-state index contributed by atoms with van der Waals surface area (Å²) in [7, 11) is -1.54. The van der Waals surface area contributed by atoms with Crippen LogP contribution in [0.1, 0.15) is 5.56 Å². The van der Waals surface area contributed by atoms with Gasteiger partial charge in [0.25, 0.3) is 5.91 Å². The molecule has 0 radical (unpaired) electrons. The number of ether oxygens (including phenoxy) is 1. The molecule has 0 spiro atoms. The lowest BCUT2D eigenvalue weighted by Gasteiger charge is -2.25. The number of rotatable bonds is 4. The number of amides is 1. The first kappa shape index (κ1) is 20.3. The molecule has 0 unspecified atom stereocenters. The fourth-order valence-electron chi connectivity index (χ4n) is 3.56. The molecule has 2 atom stereocenters. The standard InChI is InChI=1S/C20H19ClN2O4S2/c1-27-14-8-6-13(7-9-14)10-19(24)22-20-23(16-5-3-2-4-15(16)21)17-11-29(25,26)12-18(17)28-20/h2-9,17-18H,10-12H2,1H3/t17-,18-/m0/s1. The second-order valence-electron chi connectivity index (χ2n) is 6.93. The molecule has 29 heavy (non-hydrogen) atoms. The molecular weight excluding hydrogens is 432 g/mol. The Labute approximate surface area is 178 Å². The van der Waals surface area contributed by atoms with Gasteiger partial charge in [0.05, 0.1) is 41.8 Å². The summed E-state index contributed by atoms with van der Waals surface area (Å²) in [5.74, 6) is 0.534. The molecule has 0 aromatic heterocycles. The minimum Gasteiger partial charge on any atom is -0.497 e. The number of aliphatic imine (C=N–C) groups is 1. The summed E-state index contributed by atoms with van der Waals surface area (Å²) in [6, 6.07) is 14.2. The van der Waals surface area contributed by atoms with E-state index in [4.69, 9.17) is 16.3 Å². The van der Waals surface area contributed by atoms with Crippen molar-refractivity contribution in [1.29, 1.82) is 0 Å². The van der Waals surface area contributed by atoms with Crippen LogP contribution in [0.25, 0.3) is 0 Å². The number of anilines is 1. The number of carbonyl (C=O) groups is 1. The van der Waals surface area contributed by atoms with Gasteiger partial charge in [0.2, 0.25) is 0 Å². The normalized spacial score (nSPS) is 23.9. The highest BCUT2D eigenvalue weighted by atomic mass is 35.5. The van der Waals surface area contributed by atoms with E-state index in [0.717, 1.165) is 11.3 Å². The molecule has 2 aliphatic heterocycles. The summed E-state index contributed by atoms with van der Waals surface area (Å²) in [6.45, 7) is 0. The minimum atomic E-state index is -3.12. The predicted molar refractivity (Wildman–Crippen MR) is 117 cm³/mol. The fraction of sp³-hybridized carbons (Fsp3) is 0.300. The van der Waals surface area contributed by atoms with Gasteiger partial charge in [-0.3, -0.25) is 4.79 Å². The van der Waals surface area contributed by atoms with Gasteiger partial charge < -0.3 is 9.64 Å². The monoisotopic (exact) mass is 450 g/mol. The van der Waals surface area contributed by atoms with Crippen LogP contribution in [0.3, 0.4) is 0 Å². The van der Waals surface area contributed by atoms with Crippen molar-refractivity contribution in [3.05, 3.63) is 59.1 Å². The number of hydrogen-bond acceptors (Lipinski definition) is 5. The lowest BCUT2D eigenvalue weighted by atomic mass is 10.1. The number of methoxy groups -OCH3 is 1. The van der Waals surface area contributed by atoms with Crippen LogP contribution in [-0.4, -0.2) is 49.4 Å². The largest absolute Gasteiger partial charge is 0.497 e. The second kappa shape index (κ2) is 8.01. The van der Waals surface area contributed by atoms with Crippen molar-refractivity contribution in [3.8, 4) is 5.75 Å².